The first-order valence-corrected chi connectivity index (χ1v) is 11.5. The van der Waals surface area contributed by atoms with Crippen LogP contribution in [0.4, 0.5) is 24.5 Å². The summed E-state index contributed by atoms with van der Waals surface area (Å²) < 4.78 is 45.7. The zero-order valence-corrected chi connectivity index (χ0v) is 19.5. The number of carbonyl (C=O) groups is 3. The van der Waals surface area contributed by atoms with Crippen molar-refractivity contribution < 1.29 is 37.4 Å². The van der Waals surface area contributed by atoms with Gasteiger partial charge in [-0.25, -0.2) is 4.79 Å². The number of nitrogens with one attached hydrogen (secondary N) is 1. The van der Waals surface area contributed by atoms with E-state index in [9.17, 15) is 27.6 Å². The zero-order valence-electron chi connectivity index (χ0n) is 19.5. The Bertz CT molecular complexity index is 1140. The highest BCUT2D eigenvalue weighted by molar-refractivity contribution is 5.99. The van der Waals surface area contributed by atoms with Gasteiger partial charge in [0.1, 0.15) is 6.04 Å². The minimum atomic E-state index is -5.14. The molecular formula is C25H26F3N3O5. The van der Waals surface area contributed by atoms with Crippen LogP contribution in [0.5, 0.6) is 0 Å². The number of hydrogen-bond acceptors (Lipinski definition) is 5. The highest BCUT2D eigenvalue weighted by Gasteiger charge is 2.48. The van der Waals surface area contributed by atoms with E-state index < -0.39 is 30.0 Å². The maximum atomic E-state index is 13.4. The summed E-state index contributed by atoms with van der Waals surface area (Å²) in [6, 6.07) is 8.87. The number of carboxylic acids is 1. The van der Waals surface area contributed by atoms with Gasteiger partial charge in [-0.2, -0.15) is 13.2 Å². The number of ether oxygens (including phenoxy) is 1. The van der Waals surface area contributed by atoms with Gasteiger partial charge < -0.3 is 25.0 Å². The van der Waals surface area contributed by atoms with Gasteiger partial charge in [0.25, 0.3) is 5.91 Å². The maximum Gasteiger partial charge on any atom is 0.471 e. The number of alkyl halides is 3. The van der Waals surface area contributed by atoms with Crippen molar-refractivity contribution in [3.63, 3.8) is 0 Å². The van der Waals surface area contributed by atoms with Gasteiger partial charge in [0, 0.05) is 38.1 Å². The molecule has 11 heteroatoms. The summed E-state index contributed by atoms with van der Waals surface area (Å²) in [5.41, 5.74) is 2.11. The van der Waals surface area contributed by atoms with Crippen LogP contribution in [0.2, 0.25) is 0 Å². The van der Waals surface area contributed by atoms with E-state index in [1.807, 2.05) is 6.07 Å². The molecule has 2 N–H and O–H groups in total. The van der Waals surface area contributed by atoms with Crippen molar-refractivity contribution in [1.82, 2.24) is 4.90 Å². The molecule has 8 nitrogen and oxygen atoms in total. The lowest BCUT2D eigenvalue weighted by molar-refractivity contribution is -0.188. The fourth-order valence-electron chi connectivity index (χ4n) is 4.85. The third kappa shape index (κ3) is 5.15. The maximum absolute atomic E-state index is 13.4. The highest BCUT2D eigenvalue weighted by Crippen LogP contribution is 2.39. The molecule has 1 unspecified atom stereocenters. The van der Waals surface area contributed by atoms with Crippen LogP contribution in [0.3, 0.4) is 0 Å². The van der Waals surface area contributed by atoms with Gasteiger partial charge in [-0.3, -0.25) is 9.59 Å². The molecule has 4 rings (SSSR count). The second kappa shape index (κ2) is 10.2. The lowest BCUT2D eigenvalue weighted by atomic mass is 9.89. The number of fused-ring (bicyclic) bond motifs is 1. The predicted molar refractivity (Wildman–Crippen MR) is 125 cm³/mol. The molecule has 2 amide bonds. The number of carbonyl (C=O) groups excluding carboxylic acids is 2. The normalized spacial score (nSPS) is 18.5. The number of hydrogen-bond donors (Lipinski definition) is 2. The molecule has 0 aromatic heterocycles. The molecule has 2 aromatic rings. The van der Waals surface area contributed by atoms with E-state index in [0.29, 0.717) is 23.6 Å². The van der Waals surface area contributed by atoms with Crippen molar-refractivity contribution in [3.05, 3.63) is 59.2 Å². The number of aromatic carboxylic acids is 1. The number of benzene rings is 2. The molecule has 2 aliphatic rings. The second-order valence-corrected chi connectivity index (χ2v) is 8.79. The van der Waals surface area contributed by atoms with Gasteiger partial charge in [-0.1, -0.05) is 12.1 Å². The number of anilines is 2. The standard InChI is InChI=1S/C25H26F3N3O5/c1-36-17-9-12-30(13-10-17)20-4-2-3-19-18(20)11-14-31(24(35)25(26,27)28)21(19)22(32)29-16-7-5-15(6-8-16)23(33)34/h2-8,17,21H,9-14H2,1H3,(H,29,32)(H,33,34). The van der Waals surface area contributed by atoms with Crippen LogP contribution >= 0.6 is 0 Å². The van der Waals surface area contributed by atoms with Crippen LogP contribution in [-0.2, 0) is 20.7 Å². The number of piperidine rings is 1. The molecule has 36 heavy (non-hydrogen) atoms. The van der Waals surface area contributed by atoms with Crippen molar-refractivity contribution in [1.29, 1.82) is 0 Å². The Hall–Kier alpha value is -3.60. The molecule has 192 valence electrons. The minimum Gasteiger partial charge on any atom is -0.478 e. The van der Waals surface area contributed by atoms with E-state index >= 15 is 0 Å². The van der Waals surface area contributed by atoms with Crippen molar-refractivity contribution in [3.8, 4) is 0 Å². The number of carboxylic acid groups (broad SMARTS) is 1. The van der Waals surface area contributed by atoms with Crippen LogP contribution in [0.1, 0.15) is 40.4 Å². The number of methoxy groups -OCH3 is 1. The Kier molecular flexibility index (Phi) is 7.21. The SMILES string of the molecule is COC1CCN(c2cccc3c2CCN(C(=O)C(F)(F)F)C3C(=O)Nc2ccc(C(=O)O)cc2)CC1. The molecule has 0 bridgehead atoms. The van der Waals surface area contributed by atoms with Gasteiger partial charge in [-0.05, 0) is 60.7 Å². The molecular weight excluding hydrogens is 479 g/mol. The Morgan fingerprint density at radius 2 is 1.69 bits per heavy atom. The van der Waals surface area contributed by atoms with Crippen molar-refractivity contribution in [2.75, 3.05) is 37.0 Å². The van der Waals surface area contributed by atoms with Crippen LogP contribution < -0.4 is 10.2 Å². The Balaban J connectivity index is 1.68. The first kappa shape index (κ1) is 25.5. The quantitative estimate of drug-likeness (QED) is 0.644. The van der Waals surface area contributed by atoms with Gasteiger partial charge >= 0.3 is 18.1 Å². The second-order valence-electron chi connectivity index (χ2n) is 8.79. The minimum absolute atomic E-state index is 0.00762. The van der Waals surface area contributed by atoms with Crippen LogP contribution in [0, 0.1) is 0 Å². The van der Waals surface area contributed by atoms with Gasteiger partial charge in [0.15, 0.2) is 0 Å². The fraction of sp³-hybridized carbons (Fsp3) is 0.400. The number of amides is 2. The van der Waals surface area contributed by atoms with Crippen molar-refractivity contribution in [2.45, 2.75) is 37.6 Å². The number of nitrogens with zero attached hydrogens (tertiary/aromatic N) is 2. The molecule has 0 radical (unpaired) electrons. The highest BCUT2D eigenvalue weighted by atomic mass is 19.4. The monoisotopic (exact) mass is 505 g/mol. The molecule has 0 spiro atoms. The van der Waals surface area contributed by atoms with Crippen molar-refractivity contribution in [2.24, 2.45) is 0 Å². The lowest BCUT2D eigenvalue weighted by Crippen LogP contribution is -2.50. The van der Waals surface area contributed by atoms with Crippen LogP contribution in [0.15, 0.2) is 42.5 Å². The predicted octanol–water partition coefficient (Wildman–Crippen LogP) is 3.63. The molecule has 1 fully saturated rings. The number of halogens is 3. The summed E-state index contributed by atoms with van der Waals surface area (Å²) in [4.78, 5) is 39.4. The van der Waals surface area contributed by atoms with E-state index in [-0.39, 0.29) is 30.3 Å². The van der Waals surface area contributed by atoms with Gasteiger partial charge in [-0.15, -0.1) is 0 Å². The molecule has 2 aliphatic heterocycles. The van der Waals surface area contributed by atoms with Crippen LogP contribution in [-0.4, -0.2) is 66.8 Å². The average Bonchev–Trinajstić information content (AvgIpc) is 2.87. The largest absolute Gasteiger partial charge is 0.478 e. The van der Waals surface area contributed by atoms with E-state index in [1.165, 1.54) is 24.3 Å². The average molecular weight is 505 g/mol. The summed E-state index contributed by atoms with van der Waals surface area (Å²) >= 11 is 0. The molecule has 1 atom stereocenters. The zero-order chi connectivity index (χ0) is 26.0. The smallest absolute Gasteiger partial charge is 0.471 e. The molecule has 2 aromatic carbocycles. The first-order valence-electron chi connectivity index (χ1n) is 11.5. The van der Waals surface area contributed by atoms with Crippen molar-refractivity contribution >= 4 is 29.2 Å². The first-order chi connectivity index (χ1) is 17.1. The van der Waals surface area contributed by atoms with E-state index in [4.69, 9.17) is 9.84 Å². The summed E-state index contributed by atoms with van der Waals surface area (Å²) in [5.74, 6) is -4.05. The summed E-state index contributed by atoms with van der Waals surface area (Å²) in [7, 11) is 1.66. The summed E-state index contributed by atoms with van der Waals surface area (Å²) in [6.45, 7) is 1.13. The molecule has 1 saturated heterocycles. The van der Waals surface area contributed by atoms with E-state index in [0.717, 1.165) is 24.1 Å². The van der Waals surface area contributed by atoms with E-state index in [2.05, 4.69) is 10.2 Å². The Morgan fingerprint density at radius 1 is 1.03 bits per heavy atom. The summed E-state index contributed by atoms with van der Waals surface area (Å²) in [5, 5.41) is 11.6. The van der Waals surface area contributed by atoms with Gasteiger partial charge in [0.05, 0.1) is 11.7 Å². The molecule has 0 aliphatic carbocycles. The van der Waals surface area contributed by atoms with E-state index in [1.54, 1.807) is 19.2 Å². The fourth-order valence-corrected chi connectivity index (χ4v) is 4.85. The Labute approximate surface area is 205 Å². The number of rotatable bonds is 5. The third-order valence-electron chi connectivity index (χ3n) is 6.66. The third-order valence-corrected chi connectivity index (χ3v) is 6.66. The molecule has 0 saturated carbocycles. The van der Waals surface area contributed by atoms with Gasteiger partial charge in [0.2, 0.25) is 0 Å². The molecule has 2 heterocycles. The summed E-state index contributed by atoms with van der Waals surface area (Å²) in [6.07, 6.45) is -3.22. The lowest BCUT2D eigenvalue weighted by Gasteiger charge is -2.40. The topological polar surface area (TPSA) is 99.2 Å². The Morgan fingerprint density at radius 3 is 2.28 bits per heavy atom. The van der Waals surface area contributed by atoms with Crippen LogP contribution in [0.25, 0.3) is 0 Å².